The number of carbonyl (C=O) groups is 3. The summed E-state index contributed by atoms with van der Waals surface area (Å²) in [6.07, 6.45) is 1.47. The molecule has 0 spiro atoms. The largest absolute Gasteiger partial charge is 0.456 e. The van der Waals surface area contributed by atoms with Crippen LogP contribution in [0.5, 0.6) is 0 Å². The van der Waals surface area contributed by atoms with E-state index in [1.165, 1.54) is 24.3 Å². The van der Waals surface area contributed by atoms with Gasteiger partial charge in [-0.1, -0.05) is 43.7 Å². The highest BCUT2D eigenvalue weighted by Crippen LogP contribution is 2.18. The van der Waals surface area contributed by atoms with Gasteiger partial charge in [0.1, 0.15) is 5.82 Å². The number of amides is 1. The molecule has 2 aromatic rings. The summed E-state index contributed by atoms with van der Waals surface area (Å²) in [6, 6.07) is 14.6. The molecule has 5 nitrogen and oxygen atoms in total. The van der Waals surface area contributed by atoms with Crippen molar-refractivity contribution in [3.8, 4) is 0 Å². The van der Waals surface area contributed by atoms with E-state index in [2.05, 4.69) is 5.32 Å². The molecule has 0 heterocycles. The van der Waals surface area contributed by atoms with E-state index in [1.807, 2.05) is 37.3 Å². The van der Waals surface area contributed by atoms with E-state index >= 15 is 0 Å². The number of benzene rings is 2. The highest BCUT2D eigenvalue weighted by atomic mass is 19.1. The number of esters is 1. The molecule has 148 valence electrons. The van der Waals surface area contributed by atoms with E-state index in [-0.39, 0.29) is 30.6 Å². The standard InChI is InChI=1S/C22H24FNO4/c1-2-6-19(16-7-4-3-5-8-16)24-21(26)15-28-22(27)14-13-20(25)17-9-11-18(23)12-10-17/h3-5,7-12,19H,2,6,13-15H2,1H3,(H,24,26)/t19-/m1/s1. The Morgan fingerprint density at radius 1 is 1.00 bits per heavy atom. The van der Waals surface area contributed by atoms with Crippen LogP contribution in [0.25, 0.3) is 0 Å². The van der Waals surface area contributed by atoms with Crippen molar-refractivity contribution in [2.75, 3.05) is 6.61 Å². The van der Waals surface area contributed by atoms with E-state index in [9.17, 15) is 18.8 Å². The van der Waals surface area contributed by atoms with Crippen LogP contribution < -0.4 is 5.32 Å². The van der Waals surface area contributed by atoms with Gasteiger partial charge in [0.2, 0.25) is 0 Å². The Bertz CT molecular complexity index is 790. The number of ether oxygens (including phenoxy) is 1. The molecule has 0 bridgehead atoms. The van der Waals surface area contributed by atoms with E-state index in [4.69, 9.17) is 4.74 Å². The highest BCUT2D eigenvalue weighted by molar-refractivity contribution is 5.97. The summed E-state index contributed by atoms with van der Waals surface area (Å²) < 4.78 is 17.8. The van der Waals surface area contributed by atoms with Crippen LogP contribution in [-0.4, -0.2) is 24.3 Å². The first-order valence-corrected chi connectivity index (χ1v) is 9.28. The van der Waals surface area contributed by atoms with Crippen molar-refractivity contribution in [2.24, 2.45) is 0 Å². The fourth-order valence-electron chi connectivity index (χ4n) is 2.75. The summed E-state index contributed by atoms with van der Waals surface area (Å²) in [5, 5.41) is 2.87. The van der Waals surface area contributed by atoms with Crippen LogP contribution in [0.1, 0.15) is 54.6 Å². The molecule has 0 aliphatic heterocycles. The fourth-order valence-corrected chi connectivity index (χ4v) is 2.75. The molecule has 0 saturated heterocycles. The van der Waals surface area contributed by atoms with Gasteiger partial charge in [0.15, 0.2) is 12.4 Å². The SMILES string of the molecule is CCC[C@@H](NC(=O)COC(=O)CCC(=O)c1ccc(F)cc1)c1ccccc1. The number of ketones is 1. The Morgan fingerprint density at radius 3 is 2.32 bits per heavy atom. The lowest BCUT2D eigenvalue weighted by Gasteiger charge is -2.18. The van der Waals surface area contributed by atoms with Gasteiger partial charge in [-0.15, -0.1) is 0 Å². The van der Waals surface area contributed by atoms with Crippen molar-refractivity contribution in [3.05, 3.63) is 71.5 Å². The Balaban J connectivity index is 1.76. The fraction of sp³-hybridized carbons (Fsp3) is 0.318. The zero-order chi connectivity index (χ0) is 20.4. The van der Waals surface area contributed by atoms with Gasteiger partial charge in [-0.2, -0.15) is 0 Å². The molecule has 1 atom stereocenters. The van der Waals surface area contributed by atoms with Crippen molar-refractivity contribution in [1.29, 1.82) is 0 Å². The number of nitrogens with one attached hydrogen (secondary N) is 1. The van der Waals surface area contributed by atoms with Crippen LogP contribution in [0, 0.1) is 5.82 Å². The minimum Gasteiger partial charge on any atom is -0.456 e. The predicted molar refractivity (Wildman–Crippen MR) is 103 cm³/mol. The minimum absolute atomic E-state index is 0.0610. The maximum Gasteiger partial charge on any atom is 0.306 e. The van der Waals surface area contributed by atoms with Crippen LogP contribution in [0.3, 0.4) is 0 Å². The Morgan fingerprint density at radius 2 is 1.68 bits per heavy atom. The maximum absolute atomic E-state index is 12.9. The quantitative estimate of drug-likeness (QED) is 0.496. The van der Waals surface area contributed by atoms with Crippen LogP contribution >= 0.6 is 0 Å². The third kappa shape index (κ3) is 6.95. The smallest absolute Gasteiger partial charge is 0.306 e. The van der Waals surface area contributed by atoms with Crippen molar-refractivity contribution in [3.63, 3.8) is 0 Å². The number of carbonyl (C=O) groups excluding carboxylic acids is 3. The minimum atomic E-state index is -0.627. The van der Waals surface area contributed by atoms with E-state index < -0.39 is 18.4 Å². The molecule has 2 aromatic carbocycles. The lowest BCUT2D eigenvalue weighted by atomic mass is 10.0. The van der Waals surface area contributed by atoms with Gasteiger partial charge in [0.05, 0.1) is 12.5 Å². The second-order valence-electron chi connectivity index (χ2n) is 6.41. The molecule has 0 fully saturated rings. The summed E-state index contributed by atoms with van der Waals surface area (Å²) in [4.78, 5) is 35.9. The Kier molecular flexibility index (Phi) is 8.34. The molecular weight excluding hydrogens is 361 g/mol. The predicted octanol–water partition coefficient (Wildman–Crippen LogP) is 3.99. The number of rotatable bonds is 10. The normalized spacial score (nSPS) is 11.5. The average Bonchev–Trinajstić information content (AvgIpc) is 2.71. The van der Waals surface area contributed by atoms with Gasteiger partial charge < -0.3 is 10.1 Å². The zero-order valence-corrected chi connectivity index (χ0v) is 15.8. The third-order valence-electron chi connectivity index (χ3n) is 4.20. The van der Waals surface area contributed by atoms with Crippen molar-refractivity contribution >= 4 is 17.7 Å². The highest BCUT2D eigenvalue weighted by Gasteiger charge is 2.16. The molecule has 0 aliphatic rings. The van der Waals surface area contributed by atoms with Crippen LogP contribution in [0.15, 0.2) is 54.6 Å². The van der Waals surface area contributed by atoms with Crippen molar-refractivity contribution in [1.82, 2.24) is 5.32 Å². The molecule has 0 aliphatic carbocycles. The second-order valence-corrected chi connectivity index (χ2v) is 6.41. The first-order valence-electron chi connectivity index (χ1n) is 9.28. The summed E-state index contributed by atoms with van der Waals surface area (Å²) in [5.41, 5.74) is 1.33. The van der Waals surface area contributed by atoms with Crippen LogP contribution in [0.4, 0.5) is 4.39 Å². The molecule has 1 N–H and O–H groups in total. The van der Waals surface area contributed by atoms with E-state index in [1.54, 1.807) is 0 Å². The van der Waals surface area contributed by atoms with Gasteiger partial charge in [-0.25, -0.2) is 4.39 Å². The van der Waals surface area contributed by atoms with Gasteiger partial charge in [0, 0.05) is 12.0 Å². The monoisotopic (exact) mass is 385 g/mol. The molecule has 1 amide bonds. The first kappa shape index (κ1) is 21.3. The van der Waals surface area contributed by atoms with Gasteiger partial charge in [-0.05, 0) is 36.2 Å². The van der Waals surface area contributed by atoms with Crippen molar-refractivity contribution in [2.45, 2.75) is 38.6 Å². The molecule has 28 heavy (non-hydrogen) atoms. The molecule has 2 rings (SSSR count). The number of hydrogen-bond donors (Lipinski definition) is 1. The third-order valence-corrected chi connectivity index (χ3v) is 4.20. The Hall–Kier alpha value is -3.02. The number of halogens is 1. The molecule has 6 heteroatoms. The number of hydrogen-bond acceptors (Lipinski definition) is 4. The van der Waals surface area contributed by atoms with Crippen molar-refractivity contribution < 1.29 is 23.5 Å². The topological polar surface area (TPSA) is 72.5 Å². The summed E-state index contributed by atoms with van der Waals surface area (Å²) in [6.45, 7) is 1.64. The lowest BCUT2D eigenvalue weighted by Crippen LogP contribution is -2.32. The second kappa shape index (κ2) is 11.0. The van der Waals surface area contributed by atoms with Gasteiger partial charge in [0.25, 0.3) is 5.91 Å². The first-order chi connectivity index (χ1) is 13.5. The maximum atomic E-state index is 12.9. The molecule has 0 radical (unpaired) electrons. The number of Topliss-reactive ketones (excluding diaryl/α,β-unsaturated/α-hetero) is 1. The summed E-state index contributed by atoms with van der Waals surface area (Å²) >= 11 is 0. The van der Waals surface area contributed by atoms with Gasteiger partial charge >= 0.3 is 5.97 Å². The van der Waals surface area contributed by atoms with Gasteiger partial charge in [-0.3, -0.25) is 14.4 Å². The lowest BCUT2D eigenvalue weighted by molar-refractivity contribution is -0.148. The summed E-state index contributed by atoms with van der Waals surface area (Å²) in [5.74, 6) is -1.73. The van der Waals surface area contributed by atoms with Crippen LogP contribution in [-0.2, 0) is 14.3 Å². The van der Waals surface area contributed by atoms with E-state index in [0.717, 1.165) is 18.4 Å². The molecule has 0 unspecified atom stereocenters. The zero-order valence-electron chi connectivity index (χ0n) is 15.8. The van der Waals surface area contributed by atoms with E-state index in [0.29, 0.717) is 5.56 Å². The summed E-state index contributed by atoms with van der Waals surface area (Å²) in [7, 11) is 0. The Labute approximate surface area is 163 Å². The van der Waals surface area contributed by atoms with Crippen LogP contribution in [0.2, 0.25) is 0 Å². The molecule has 0 aromatic heterocycles. The average molecular weight is 385 g/mol. The molecule has 0 saturated carbocycles. The molecular formula is C22H24FNO4.